The third-order valence-corrected chi connectivity index (χ3v) is 6.72. The van der Waals surface area contributed by atoms with Crippen molar-refractivity contribution in [3.63, 3.8) is 0 Å². The smallest absolute Gasteiger partial charge is 0.238 e. The van der Waals surface area contributed by atoms with Crippen LogP contribution in [-0.4, -0.2) is 48.6 Å². The number of ether oxygens (including phenoxy) is 1. The van der Waals surface area contributed by atoms with Crippen molar-refractivity contribution < 1.29 is 9.53 Å². The van der Waals surface area contributed by atoms with E-state index in [1.807, 2.05) is 30.3 Å². The lowest BCUT2D eigenvalue weighted by Crippen LogP contribution is -2.41. The summed E-state index contributed by atoms with van der Waals surface area (Å²) in [6.07, 6.45) is 0. The van der Waals surface area contributed by atoms with Gasteiger partial charge >= 0.3 is 0 Å². The van der Waals surface area contributed by atoms with Crippen molar-refractivity contribution in [1.29, 1.82) is 0 Å². The van der Waals surface area contributed by atoms with E-state index in [1.54, 1.807) is 0 Å². The van der Waals surface area contributed by atoms with E-state index in [0.29, 0.717) is 19.8 Å². The first-order valence-electron chi connectivity index (χ1n) is 12.3. The van der Waals surface area contributed by atoms with Crippen LogP contribution in [0.3, 0.4) is 0 Å². The molecule has 0 saturated carbocycles. The predicted molar refractivity (Wildman–Crippen MR) is 146 cm³/mol. The van der Waals surface area contributed by atoms with Crippen molar-refractivity contribution in [2.45, 2.75) is 0 Å². The van der Waals surface area contributed by atoms with Gasteiger partial charge in [-0.15, -0.1) is 0 Å². The van der Waals surface area contributed by atoms with Crippen LogP contribution in [-0.2, 0) is 9.53 Å². The SMILES string of the molecule is O=C(CN1CCOCC1)Nc1ccc(-c2cc(-c3ccccc3)c3c(ccc4ccccc43)n2)cc1. The Morgan fingerprint density at radius 1 is 0.833 bits per heavy atom. The zero-order chi connectivity index (χ0) is 24.3. The first-order valence-corrected chi connectivity index (χ1v) is 12.3. The summed E-state index contributed by atoms with van der Waals surface area (Å²) in [6, 6.07) is 33.3. The molecule has 0 unspecified atom stereocenters. The van der Waals surface area contributed by atoms with E-state index in [4.69, 9.17) is 9.72 Å². The number of hydrogen-bond donors (Lipinski definition) is 1. The molecule has 36 heavy (non-hydrogen) atoms. The molecule has 1 amide bonds. The van der Waals surface area contributed by atoms with Gasteiger partial charge in [-0.3, -0.25) is 9.69 Å². The van der Waals surface area contributed by atoms with Crippen LogP contribution in [0.2, 0.25) is 0 Å². The van der Waals surface area contributed by atoms with Gasteiger partial charge < -0.3 is 10.1 Å². The van der Waals surface area contributed by atoms with Crippen LogP contribution in [0.15, 0.2) is 97.1 Å². The van der Waals surface area contributed by atoms with Crippen LogP contribution in [0, 0.1) is 0 Å². The summed E-state index contributed by atoms with van der Waals surface area (Å²) < 4.78 is 5.36. The molecule has 4 aromatic carbocycles. The third kappa shape index (κ3) is 4.59. The highest BCUT2D eigenvalue weighted by Gasteiger charge is 2.15. The Kier molecular flexibility index (Phi) is 6.16. The number of carbonyl (C=O) groups excluding carboxylic acids is 1. The van der Waals surface area contributed by atoms with Gasteiger partial charge in [0.15, 0.2) is 0 Å². The molecule has 0 spiro atoms. The Balaban J connectivity index is 1.34. The Morgan fingerprint density at radius 3 is 2.39 bits per heavy atom. The number of amides is 1. The van der Waals surface area contributed by atoms with Crippen LogP contribution in [0.1, 0.15) is 0 Å². The maximum Gasteiger partial charge on any atom is 0.238 e. The molecule has 0 atom stereocenters. The molecular weight excluding hydrogens is 446 g/mol. The van der Waals surface area contributed by atoms with E-state index in [-0.39, 0.29) is 5.91 Å². The number of morpholine rings is 1. The third-order valence-electron chi connectivity index (χ3n) is 6.72. The molecule has 1 aromatic heterocycles. The minimum absolute atomic E-state index is 0.00766. The number of anilines is 1. The van der Waals surface area contributed by atoms with E-state index in [9.17, 15) is 4.79 Å². The number of nitrogens with zero attached hydrogens (tertiary/aromatic N) is 2. The molecule has 1 fully saturated rings. The molecule has 5 aromatic rings. The number of nitrogens with one attached hydrogen (secondary N) is 1. The zero-order valence-corrected chi connectivity index (χ0v) is 20.0. The molecule has 1 saturated heterocycles. The van der Waals surface area contributed by atoms with Gasteiger partial charge in [0.1, 0.15) is 0 Å². The first kappa shape index (κ1) is 22.4. The summed E-state index contributed by atoms with van der Waals surface area (Å²) >= 11 is 0. The summed E-state index contributed by atoms with van der Waals surface area (Å²) in [6.45, 7) is 3.33. The fraction of sp³-hybridized carbons (Fsp3) is 0.161. The topological polar surface area (TPSA) is 54.5 Å². The number of hydrogen-bond acceptors (Lipinski definition) is 4. The quantitative estimate of drug-likeness (QED) is 0.319. The average molecular weight is 474 g/mol. The normalized spacial score (nSPS) is 14.2. The summed E-state index contributed by atoms with van der Waals surface area (Å²) in [5, 5.41) is 6.58. The second-order valence-corrected chi connectivity index (χ2v) is 9.12. The first-order chi connectivity index (χ1) is 17.7. The van der Waals surface area contributed by atoms with E-state index < -0.39 is 0 Å². The van der Waals surface area contributed by atoms with Gasteiger partial charge in [-0.05, 0) is 46.2 Å². The maximum atomic E-state index is 12.5. The summed E-state index contributed by atoms with van der Waals surface area (Å²) in [4.78, 5) is 19.6. The van der Waals surface area contributed by atoms with E-state index in [2.05, 4.69) is 76.9 Å². The highest BCUT2D eigenvalue weighted by molar-refractivity contribution is 6.13. The highest BCUT2D eigenvalue weighted by atomic mass is 16.5. The van der Waals surface area contributed by atoms with Gasteiger partial charge in [0, 0.05) is 29.7 Å². The lowest BCUT2D eigenvalue weighted by molar-refractivity contribution is -0.118. The molecule has 178 valence electrons. The average Bonchev–Trinajstić information content (AvgIpc) is 2.93. The maximum absolute atomic E-state index is 12.5. The standard InChI is InChI=1S/C31H27N3O2/c35-30(21-34-16-18-36-19-17-34)32-25-13-10-24(11-14-25)29-20-27(22-6-2-1-3-7-22)31-26-9-5-4-8-23(26)12-15-28(31)33-29/h1-15,20H,16-19,21H2,(H,32,35). The Hall–Kier alpha value is -4.06. The molecule has 5 heteroatoms. The van der Waals surface area contributed by atoms with Gasteiger partial charge in [-0.1, -0.05) is 72.8 Å². The second kappa shape index (κ2) is 9.90. The van der Waals surface area contributed by atoms with Gasteiger partial charge in [0.05, 0.1) is 31.0 Å². The van der Waals surface area contributed by atoms with E-state index in [0.717, 1.165) is 52.1 Å². The van der Waals surface area contributed by atoms with Crippen molar-refractivity contribution in [2.24, 2.45) is 0 Å². The van der Waals surface area contributed by atoms with E-state index in [1.165, 1.54) is 10.8 Å². The van der Waals surface area contributed by atoms with E-state index >= 15 is 0 Å². The fourth-order valence-corrected chi connectivity index (χ4v) is 4.89. The molecule has 0 radical (unpaired) electrons. The van der Waals surface area contributed by atoms with Crippen molar-refractivity contribution in [3.8, 4) is 22.4 Å². The zero-order valence-electron chi connectivity index (χ0n) is 20.0. The number of fused-ring (bicyclic) bond motifs is 3. The molecule has 5 nitrogen and oxygen atoms in total. The van der Waals surface area contributed by atoms with Gasteiger partial charge in [0.25, 0.3) is 0 Å². The molecule has 2 heterocycles. The van der Waals surface area contributed by atoms with Crippen LogP contribution in [0.25, 0.3) is 44.1 Å². The number of benzene rings is 4. The van der Waals surface area contributed by atoms with Gasteiger partial charge in [-0.2, -0.15) is 0 Å². The van der Waals surface area contributed by atoms with Crippen molar-refractivity contribution in [3.05, 3.63) is 97.1 Å². The van der Waals surface area contributed by atoms with Crippen LogP contribution >= 0.6 is 0 Å². The number of carbonyl (C=O) groups is 1. The summed E-state index contributed by atoms with van der Waals surface area (Å²) in [5.74, 6) is -0.00766. The predicted octanol–water partition coefficient (Wildman–Crippen LogP) is 5.99. The minimum Gasteiger partial charge on any atom is -0.379 e. The van der Waals surface area contributed by atoms with Gasteiger partial charge in [0.2, 0.25) is 5.91 Å². The highest BCUT2D eigenvalue weighted by Crippen LogP contribution is 2.36. The molecule has 1 N–H and O–H groups in total. The monoisotopic (exact) mass is 473 g/mol. The number of aromatic nitrogens is 1. The van der Waals surface area contributed by atoms with Crippen LogP contribution in [0.4, 0.5) is 5.69 Å². The van der Waals surface area contributed by atoms with Crippen LogP contribution in [0.5, 0.6) is 0 Å². The molecule has 6 rings (SSSR count). The summed E-state index contributed by atoms with van der Waals surface area (Å²) in [7, 11) is 0. The Morgan fingerprint density at radius 2 is 1.58 bits per heavy atom. The number of pyridine rings is 1. The lowest BCUT2D eigenvalue weighted by Gasteiger charge is -2.25. The summed E-state index contributed by atoms with van der Waals surface area (Å²) in [5.41, 5.74) is 5.99. The second-order valence-electron chi connectivity index (χ2n) is 9.12. The minimum atomic E-state index is -0.00766. The largest absolute Gasteiger partial charge is 0.379 e. The Bertz CT molecular complexity index is 1530. The fourth-order valence-electron chi connectivity index (χ4n) is 4.89. The molecule has 1 aliphatic rings. The molecule has 0 bridgehead atoms. The van der Waals surface area contributed by atoms with Crippen molar-refractivity contribution in [2.75, 3.05) is 38.2 Å². The van der Waals surface area contributed by atoms with Gasteiger partial charge in [-0.25, -0.2) is 4.98 Å². The molecule has 1 aliphatic heterocycles. The Labute approximate surface area is 210 Å². The van der Waals surface area contributed by atoms with Crippen LogP contribution < -0.4 is 5.32 Å². The number of rotatable bonds is 5. The van der Waals surface area contributed by atoms with Crippen molar-refractivity contribution in [1.82, 2.24) is 9.88 Å². The molecule has 0 aliphatic carbocycles. The molecular formula is C31H27N3O2. The lowest BCUT2D eigenvalue weighted by atomic mass is 9.94. The van der Waals surface area contributed by atoms with Crippen molar-refractivity contribution >= 4 is 33.3 Å².